The zero-order valence-corrected chi connectivity index (χ0v) is 12.5. The molecule has 6 heteroatoms. The standard InChI is InChI=1S/C12H18N4S2/c1-4-8(2)16-6-5-10(15-16)7-17-11-9(3)14-12(13)18-11/h5-6,8H,4,7H2,1-3H3,(H2,13,14). The number of aryl methyl sites for hydroxylation is 1. The van der Waals surface area contributed by atoms with Crippen LogP contribution in [-0.2, 0) is 5.75 Å². The van der Waals surface area contributed by atoms with Gasteiger partial charge < -0.3 is 5.73 Å². The van der Waals surface area contributed by atoms with Crippen LogP contribution >= 0.6 is 23.1 Å². The van der Waals surface area contributed by atoms with Gasteiger partial charge in [-0.1, -0.05) is 18.3 Å². The maximum atomic E-state index is 5.68. The molecule has 1 unspecified atom stereocenters. The van der Waals surface area contributed by atoms with Gasteiger partial charge in [0.25, 0.3) is 0 Å². The van der Waals surface area contributed by atoms with Crippen molar-refractivity contribution in [3.05, 3.63) is 23.7 Å². The third-order valence-corrected chi connectivity index (χ3v) is 5.21. The largest absolute Gasteiger partial charge is 0.375 e. The van der Waals surface area contributed by atoms with Crippen LogP contribution in [0, 0.1) is 6.92 Å². The summed E-state index contributed by atoms with van der Waals surface area (Å²) >= 11 is 3.30. The van der Waals surface area contributed by atoms with Gasteiger partial charge in [0.1, 0.15) is 0 Å². The number of rotatable bonds is 5. The first-order valence-electron chi connectivity index (χ1n) is 6.00. The molecule has 0 aliphatic heterocycles. The minimum absolute atomic E-state index is 0.463. The molecule has 0 aliphatic rings. The summed E-state index contributed by atoms with van der Waals surface area (Å²) < 4.78 is 3.22. The summed E-state index contributed by atoms with van der Waals surface area (Å²) in [7, 11) is 0. The molecule has 0 radical (unpaired) electrons. The van der Waals surface area contributed by atoms with Crippen molar-refractivity contribution in [3.8, 4) is 0 Å². The van der Waals surface area contributed by atoms with Crippen molar-refractivity contribution >= 4 is 28.2 Å². The quantitative estimate of drug-likeness (QED) is 0.853. The molecule has 4 nitrogen and oxygen atoms in total. The van der Waals surface area contributed by atoms with Crippen molar-refractivity contribution in [1.29, 1.82) is 0 Å². The number of thiazole rings is 1. The lowest BCUT2D eigenvalue weighted by Crippen LogP contribution is -2.04. The van der Waals surface area contributed by atoms with Crippen LogP contribution in [0.25, 0.3) is 0 Å². The maximum Gasteiger partial charge on any atom is 0.181 e. The molecule has 0 fully saturated rings. The van der Waals surface area contributed by atoms with Gasteiger partial charge >= 0.3 is 0 Å². The molecule has 0 aliphatic carbocycles. The van der Waals surface area contributed by atoms with E-state index in [4.69, 9.17) is 5.73 Å². The molecule has 0 spiro atoms. The van der Waals surface area contributed by atoms with E-state index in [0.717, 1.165) is 23.6 Å². The predicted molar refractivity (Wildman–Crippen MR) is 78.1 cm³/mol. The van der Waals surface area contributed by atoms with E-state index in [1.807, 2.05) is 11.6 Å². The van der Waals surface area contributed by atoms with Crippen LogP contribution in [0.5, 0.6) is 0 Å². The Balaban J connectivity index is 1.98. The summed E-state index contributed by atoms with van der Waals surface area (Å²) in [5, 5.41) is 5.22. The fraction of sp³-hybridized carbons (Fsp3) is 0.500. The van der Waals surface area contributed by atoms with Crippen LogP contribution in [0.15, 0.2) is 16.5 Å². The van der Waals surface area contributed by atoms with E-state index in [1.165, 1.54) is 4.21 Å². The third kappa shape index (κ3) is 3.05. The van der Waals surface area contributed by atoms with E-state index < -0.39 is 0 Å². The Bertz CT molecular complexity index is 518. The first kappa shape index (κ1) is 13.4. The second kappa shape index (κ2) is 5.75. The SMILES string of the molecule is CCC(C)n1ccc(CSc2sc(N)nc2C)n1. The van der Waals surface area contributed by atoms with Crippen LogP contribution in [-0.4, -0.2) is 14.8 Å². The zero-order valence-electron chi connectivity index (χ0n) is 10.9. The second-order valence-electron chi connectivity index (χ2n) is 4.26. The number of hydrogen-bond donors (Lipinski definition) is 1. The number of hydrogen-bond acceptors (Lipinski definition) is 5. The first-order chi connectivity index (χ1) is 8.60. The summed E-state index contributed by atoms with van der Waals surface area (Å²) in [6, 6.07) is 2.54. The number of thioether (sulfide) groups is 1. The van der Waals surface area contributed by atoms with Crippen molar-refractivity contribution in [2.24, 2.45) is 0 Å². The van der Waals surface area contributed by atoms with Crippen LogP contribution in [0.3, 0.4) is 0 Å². The molecule has 2 rings (SSSR count). The second-order valence-corrected chi connectivity index (χ2v) is 6.53. The molecule has 0 saturated carbocycles. The fourth-order valence-corrected chi connectivity index (χ4v) is 3.48. The summed E-state index contributed by atoms with van der Waals surface area (Å²) in [4.78, 5) is 4.22. The summed E-state index contributed by atoms with van der Waals surface area (Å²) in [5.74, 6) is 0.867. The summed E-state index contributed by atoms with van der Waals surface area (Å²) in [6.07, 6.45) is 3.15. The fourth-order valence-electron chi connectivity index (χ4n) is 1.56. The van der Waals surface area contributed by atoms with Crippen molar-refractivity contribution in [2.75, 3.05) is 5.73 Å². The van der Waals surface area contributed by atoms with Crippen LogP contribution in [0.2, 0.25) is 0 Å². The van der Waals surface area contributed by atoms with E-state index in [0.29, 0.717) is 11.2 Å². The van der Waals surface area contributed by atoms with Gasteiger partial charge in [-0.3, -0.25) is 4.68 Å². The van der Waals surface area contributed by atoms with Crippen LogP contribution in [0.4, 0.5) is 5.13 Å². The van der Waals surface area contributed by atoms with Gasteiger partial charge in [0.2, 0.25) is 0 Å². The van der Waals surface area contributed by atoms with E-state index in [2.05, 4.69) is 36.2 Å². The lowest BCUT2D eigenvalue weighted by molar-refractivity contribution is 0.475. The Morgan fingerprint density at radius 2 is 2.33 bits per heavy atom. The molecule has 0 saturated heterocycles. The zero-order chi connectivity index (χ0) is 13.1. The molecule has 98 valence electrons. The first-order valence-corrected chi connectivity index (χ1v) is 7.80. The molecule has 0 bridgehead atoms. The van der Waals surface area contributed by atoms with E-state index in [9.17, 15) is 0 Å². The summed E-state index contributed by atoms with van der Waals surface area (Å²) in [6.45, 7) is 6.34. The Kier molecular flexibility index (Phi) is 4.29. The van der Waals surface area contributed by atoms with Gasteiger partial charge in [-0.2, -0.15) is 5.10 Å². The Labute approximate surface area is 116 Å². The number of nitrogens with two attached hydrogens (primary N) is 1. The van der Waals surface area contributed by atoms with E-state index in [-0.39, 0.29) is 0 Å². The smallest absolute Gasteiger partial charge is 0.181 e. The third-order valence-electron chi connectivity index (χ3n) is 2.83. The number of aromatic nitrogens is 3. The highest BCUT2D eigenvalue weighted by atomic mass is 32.2. The monoisotopic (exact) mass is 282 g/mol. The molecule has 18 heavy (non-hydrogen) atoms. The molecule has 0 aromatic carbocycles. The minimum Gasteiger partial charge on any atom is -0.375 e. The highest BCUT2D eigenvalue weighted by molar-refractivity contribution is 8.00. The Morgan fingerprint density at radius 1 is 1.56 bits per heavy atom. The van der Waals surface area contributed by atoms with Gasteiger partial charge in [0.05, 0.1) is 15.6 Å². The number of nitrogens with zero attached hydrogens (tertiary/aromatic N) is 3. The molecule has 2 heterocycles. The minimum atomic E-state index is 0.463. The molecular weight excluding hydrogens is 264 g/mol. The van der Waals surface area contributed by atoms with Crippen LogP contribution < -0.4 is 5.73 Å². The predicted octanol–water partition coefficient (Wildman–Crippen LogP) is 3.49. The molecule has 0 amide bonds. The van der Waals surface area contributed by atoms with Gasteiger partial charge in [0.15, 0.2) is 5.13 Å². The lowest BCUT2D eigenvalue weighted by atomic mass is 10.3. The average Bonchev–Trinajstić information content (AvgIpc) is 2.92. The molecule has 2 N–H and O–H groups in total. The average molecular weight is 282 g/mol. The molecule has 2 aromatic rings. The molecular formula is C12H18N4S2. The number of nitrogen functional groups attached to an aromatic ring is 1. The highest BCUT2D eigenvalue weighted by Crippen LogP contribution is 2.32. The lowest BCUT2D eigenvalue weighted by Gasteiger charge is -2.07. The van der Waals surface area contributed by atoms with Crippen molar-refractivity contribution in [2.45, 2.75) is 43.2 Å². The Morgan fingerprint density at radius 3 is 2.94 bits per heavy atom. The van der Waals surface area contributed by atoms with E-state index >= 15 is 0 Å². The van der Waals surface area contributed by atoms with Crippen molar-refractivity contribution in [3.63, 3.8) is 0 Å². The molecule has 1 atom stereocenters. The number of anilines is 1. The Hall–Kier alpha value is -1.01. The highest BCUT2D eigenvalue weighted by Gasteiger charge is 2.08. The molecule has 2 aromatic heterocycles. The topological polar surface area (TPSA) is 56.7 Å². The van der Waals surface area contributed by atoms with Gasteiger partial charge in [-0.25, -0.2) is 4.98 Å². The van der Waals surface area contributed by atoms with Gasteiger partial charge in [-0.15, -0.1) is 11.8 Å². The normalized spacial score (nSPS) is 12.8. The van der Waals surface area contributed by atoms with Gasteiger partial charge in [-0.05, 0) is 26.3 Å². The van der Waals surface area contributed by atoms with Crippen molar-refractivity contribution < 1.29 is 0 Å². The van der Waals surface area contributed by atoms with Gasteiger partial charge in [0, 0.05) is 18.0 Å². The van der Waals surface area contributed by atoms with Crippen molar-refractivity contribution in [1.82, 2.24) is 14.8 Å². The van der Waals surface area contributed by atoms with Crippen LogP contribution in [0.1, 0.15) is 37.7 Å². The van der Waals surface area contributed by atoms with E-state index in [1.54, 1.807) is 23.1 Å². The summed E-state index contributed by atoms with van der Waals surface area (Å²) in [5.41, 5.74) is 7.81. The maximum absolute atomic E-state index is 5.68.